The number of methoxy groups -OCH3 is 1. The SMILES string of the molecule is COc1ccc(C(O)CSc2ccc(Br)cc2)c(F)c1. The Morgan fingerprint density at radius 2 is 1.95 bits per heavy atom. The molecule has 0 amide bonds. The number of thioether (sulfide) groups is 1. The second-order valence-corrected chi connectivity index (χ2v) is 6.18. The van der Waals surface area contributed by atoms with Crippen LogP contribution in [-0.4, -0.2) is 18.0 Å². The van der Waals surface area contributed by atoms with Crippen molar-refractivity contribution < 1.29 is 14.2 Å². The summed E-state index contributed by atoms with van der Waals surface area (Å²) >= 11 is 4.85. The van der Waals surface area contributed by atoms with E-state index in [-0.39, 0.29) is 5.56 Å². The van der Waals surface area contributed by atoms with Crippen molar-refractivity contribution in [3.05, 3.63) is 58.3 Å². The lowest BCUT2D eigenvalue weighted by Crippen LogP contribution is -2.03. The smallest absolute Gasteiger partial charge is 0.132 e. The van der Waals surface area contributed by atoms with Gasteiger partial charge in [0.05, 0.1) is 13.2 Å². The maximum Gasteiger partial charge on any atom is 0.132 e. The second kappa shape index (κ2) is 7.11. The maximum absolute atomic E-state index is 13.8. The first-order valence-electron chi connectivity index (χ1n) is 6.00. The zero-order chi connectivity index (χ0) is 14.5. The van der Waals surface area contributed by atoms with Crippen LogP contribution >= 0.6 is 27.7 Å². The fraction of sp³-hybridized carbons (Fsp3) is 0.200. The van der Waals surface area contributed by atoms with Crippen LogP contribution in [0.3, 0.4) is 0 Å². The standard InChI is InChI=1S/C15H14BrFO2S/c1-19-11-4-7-13(14(17)8-11)15(18)9-20-12-5-2-10(16)3-6-12/h2-8,15,18H,9H2,1H3. The molecule has 1 N–H and O–H groups in total. The molecule has 1 atom stereocenters. The van der Waals surface area contributed by atoms with E-state index < -0.39 is 11.9 Å². The number of aliphatic hydroxyl groups is 1. The predicted octanol–water partition coefficient (Wildman–Crippen LogP) is 4.42. The van der Waals surface area contributed by atoms with Crippen LogP contribution in [0.25, 0.3) is 0 Å². The Bertz CT molecular complexity index is 575. The third kappa shape index (κ3) is 3.98. The number of rotatable bonds is 5. The lowest BCUT2D eigenvalue weighted by molar-refractivity contribution is 0.198. The van der Waals surface area contributed by atoms with Crippen molar-refractivity contribution in [3.63, 3.8) is 0 Å². The first kappa shape index (κ1) is 15.4. The second-order valence-electron chi connectivity index (χ2n) is 4.17. The quantitative estimate of drug-likeness (QED) is 0.804. The Kier molecular flexibility index (Phi) is 5.46. The van der Waals surface area contributed by atoms with Gasteiger partial charge in [-0.3, -0.25) is 0 Å². The molecule has 0 spiro atoms. The first-order valence-corrected chi connectivity index (χ1v) is 7.78. The van der Waals surface area contributed by atoms with Crippen molar-refractivity contribution in [2.75, 3.05) is 12.9 Å². The topological polar surface area (TPSA) is 29.5 Å². The van der Waals surface area contributed by atoms with Gasteiger partial charge in [0.25, 0.3) is 0 Å². The fourth-order valence-corrected chi connectivity index (χ4v) is 2.82. The number of halogens is 2. The monoisotopic (exact) mass is 356 g/mol. The largest absolute Gasteiger partial charge is 0.497 e. The zero-order valence-corrected chi connectivity index (χ0v) is 13.2. The van der Waals surface area contributed by atoms with Gasteiger partial charge in [-0.1, -0.05) is 15.9 Å². The van der Waals surface area contributed by atoms with Crippen LogP contribution in [0, 0.1) is 5.82 Å². The molecule has 0 aliphatic carbocycles. The van der Waals surface area contributed by atoms with E-state index in [0.29, 0.717) is 11.5 Å². The molecular formula is C15H14BrFO2S. The summed E-state index contributed by atoms with van der Waals surface area (Å²) < 4.78 is 19.8. The van der Waals surface area contributed by atoms with Crippen LogP contribution in [0.1, 0.15) is 11.7 Å². The molecule has 2 nitrogen and oxygen atoms in total. The molecule has 5 heteroatoms. The number of benzene rings is 2. The van der Waals surface area contributed by atoms with E-state index >= 15 is 0 Å². The number of hydrogen-bond acceptors (Lipinski definition) is 3. The summed E-state index contributed by atoms with van der Waals surface area (Å²) in [5.74, 6) is 0.387. The van der Waals surface area contributed by atoms with E-state index in [2.05, 4.69) is 15.9 Å². The van der Waals surface area contributed by atoms with Crippen LogP contribution < -0.4 is 4.74 Å². The Morgan fingerprint density at radius 1 is 1.25 bits per heavy atom. The minimum atomic E-state index is -0.852. The summed E-state index contributed by atoms with van der Waals surface area (Å²) in [5, 5.41) is 10.1. The molecule has 0 saturated carbocycles. The van der Waals surface area contributed by atoms with Gasteiger partial charge in [0.1, 0.15) is 11.6 Å². The molecule has 106 valence electrons. The normalized spacial score (nSPS) is 12.2. The highest BCUT2D eigenvalue weighted by Crippen LogP contribution is 2.28. The lowest BCUT2D eigenvalue weighted by Gasteiger charge is -2.12. The average Bonchev–Trinajstić information content (AvgIpc) is 2.46. The average molecular weight is 357 g/mol. The maximum atomic E-state index is 13.8. The van der Waals surface area contributed by atoms with E-state index in [1.807, 2.05) is 24.3 Å². The molecule has 1 unspecified atom stereocenters. The van der Waals surface area contributed by atoms with Gasteiger partial charge in [-0.2, -0.15) is 0 Å². The van der Waals surface area contributed by atoms with Crippen LogP contribution in [0.4, 0.5) is 4.39 Å². The predicted molar refractivity (Wildman–Crippen MR) is 82.8 cm³/mol. The minimum Gasteiger partial charge on any atom is -0.497 e. The fourth-order valence-electron chi connectivity index (χ4n) is 1.70. The Hall–Kier alpha value is -1.04. The zero-order valence-electron chi connectivity index (χ0n) is 10.8. The van der Waals surface area contributed by atoms with Gasteiger partial charge in [-0.25, -0.2) is 4.39 Å². The summed E-state index contributed by atoms with van der Waals surface area (Å²) in [6, 6.07) is 12.2. The van der Waals surface area contributed by atoms with E-state index in [1.54, 1.807) is 12.1 Å². The van der Waals surface area contributed by atoms with Gasteiger partial charge in [-0.15, -0.1) is 11.8 Å². The molecule has 2 aromatic rings. The van der Waals surface area contributed by atoms with Crippen LogP contribution in [0.5, 0.6) is 5.75 Å². The minimum absolute atomic E-state index is 0.287. The molecule has 0 radical (unpaired) electrons. The Balaban J connectivity index is 2.01. The van der Waals surface area contributed by atoms with Crippen LogP contribution in [-0.2, 0) is 0 Å². The van der Waals surface area contributed by atoms with Gasteiger partial charge >= 0.3 is 0 Å². The molecule has 2 rings (SSSR count). The molecular weight excluding hydrogens is 343 g/mol. The number of hydrogen-bond donors (Lipinski definition) is 1. The van der Waals surface area contributed by atoms with Gasteiger partial charge in [0.2, 0.25) is 0 Å². The number of ether oxygens (including phenoxy) is 1. The van der Waals surface area contributed by atoms with E-state index in [0.717, 1.165) is 9.37 Å². The lowest BCUT2D eigenvalue weighted by atomic mass is 10.1. The highest BCUT2D eigenvalue weighted by atomic mass is 79.9. The summed E-state index contributed by atoms with van der Waals surface area (Å²) in [6.07, 6.45) is -0.852. The Labute approximate surface area is 130 Å². The molecule has 0 fully saturated rings. The van der Waals surface area contributed by atoms with Crippen molar-refractivity contribution in [3.8, 4) is 5.75 Å². The molecule has 0 bridgehead atoms. The molecule has 0 heterocycles. The summed E-state index contributed by atoms with van der Waals surface area (Å²) in [6.45, 7) is 0. The van der Waals surface area contributed by atoms with E-state index in [1.165, 1.54) is 24.9 Å². The molecule has 0 saturated heterocycles. The van der Waals surface area contributed by atoms with E-state index in [4.69, 9.17) is 4.74 Å². The van der Waals surface area contributed by atoms with Crippen molar-refractivity contribution in [1.29, 1.82) is 0 Å². The van der Waals surface area contributed by atoms with Gasteiger partial charge in [-0.05, 0) is 36.4 Å². The molecule has 0 aromatic heterocycles. The molecule has 2 aromatic carbocycles. The van der Waals surface area contributed by atoms with Crippen molar-refractivity contribution >= 4 is 27.7 Å². The Morgan fingerprint density at radius 3 is 2.55 bits per heavy atom. The highest BCUT2D eigenvalue weighted by Gasteiger charge is 2.14. The third-order valence-corrected chi connectivity index (χ3v) is 4.40. The van der Waals surface area contributed by atoms with Crippen molar-refractivity contribution in [1.82, 2.24) is 0 Å². The summed E-state index contributed by atoms with van der Waals surface area (Å²) in [5.41, 5.74) is 0.287. The van der Waals surface area contributed by atoms with Gasteiger partial charge < -0.3 is 9.84 Å². The van der Waals surface area contributed by atoms with Crippen LogP contribution in [0.15, 0.2) is 51.8 Å². The van der Waals surface area contributed by atoms with Gasteiger partial charge in [0.15, 0.2) is 0 Å². The number of aliphatic hydroxyl groups excluding tert-OH is 1. The molecule has 20 heavy (non-hydrogen) atoms. The van der Waals surface area contributed by atoms with E-state index in [9.17, 15) is 9.50 Å². The summed E-state index contributed by atoms with van der Waals surface area (Å²) in [4.78, 5) is 1.03. The first-order chi connectivity index (χ1) is 9.60. The summed E-state index contributed by atoms with van der Waals surface area (Å²) in [7, 11) is 1.48. The highest BCUT2D eigenvalue weighted by molar-refractivity contribution is 9.10. The van der Waals surface area contributed by atoms with Crippen molar-refractivity contribution in [2.24, 2.45) is 0 Å². The van der Waals surface area contributed by atoms with Crippen LogP contribution in [0.2, 0.25) is 0 Å². The molecule has 0 aliphatic heterocycles. The third-order valence-electron chi connectivity index (χ3n) is 2.79. The van der Waals surface area contributed by atoms with Crippen molar-refractivity contribution in [2.45, 2.75) is 11.0 Å². The van der Waals surface area contributed by atoms with Gasteiger partial charge in [0, 0.05) is 26.8 Å². The molecule has 0 aliphatic rings.